The second-order valence-corrected chi connectivity index (χ2v) is 7.12. The number of carboxylic acid groups (broad SMARTS) is 1. The number of unbranched alkanes of at least 4 members (excludes halogenated alkanes) is 15. The van der Waals surface area contributed by atoms with Crippen LogP contribution in [0.4, 0.5) is 0 Å². The second-order valence-electron chi connectivity index (χ2n) is 7.12. The molecule has 0 aliphatic carbocycles. The molecule has 0 radical (unpaired) electrons. The number of hydrogen-bond acceptors (Lipinski definition) is 2. The molecule has 0 aliphatic heterocycles. The van der Waals surface area contributed by atoms with Gasteiger partial charge < -0.3 is 9.90 Å². The van der Waals surface area contributed by atoms with E-state index in [9.17, 15) is 9.90 Å². The van der Waals surface area contributed by atoms with Crippen LogP contribution < -0.4 is 5.11 Å². The van der Waals surface area contributed by atoms with Crippen LogP contribution in [0.5, 0.6) is 0 Å². The van der Waals surface area contributed by atoms with Gasteiger partial charge >= 0.3 is 0 Å². The maximum absolute atomic E-state index is 10.3. The number of carbonyl (C=O) groups is 1. The van der Waals surface area contributed by atoms with Crippen molar-refractivity contribution in [2.75, 3.05) is 0 Å². The fourth-order valence-corrected chi connectivity index (χ4v) is 3.05. The number of allylic oxidation sites excluding steroid dienone is 2. The van der Waals surface area contributed by atoms with Crippen LogP contribution in [0.2, 0.25) is 0 Å². The normalized spacial score (nSPS) is 10.9. The Hall–Kier alpha value is -0.167. The molecule has 25 heavy (non-hydrogen) atoms. The summed E-state index contributed by atoms with van der Waals surface area (Å²) in [6.45, 7) is 2.27. The van der Waals surface area contributed by atoms with Crippen molar-refractivity contribution in [3.05, 3.63) is 12.2 Å². The molecule has 0 bridgehead atoms. The Morgan fingerprint density at radius 2 is 1.00 bits per heavy atom. The van der Waals surface area contributed by atoms with Gasteiger partial charge in [-0.1, -0.05) is 96.1 Å². The van der Waals surface area contributed by atoms with Crippen molar-refractivity contribution < 1.29 is 29.4 Å². The van der Waals surface area contributed by atoms with Crippen LogP contribution in [0.15, 0.2) is 12.2 Å². The van der Waals surface area contributed by atoms with Gasteiger partial charge in [-0.15, -0.1) is 0 Å². The minimum absolute atomic E-state index is 0. The summed E-state index contributed by atoms with van der Waals surface area (Å²) >= 11 is 0. The zero-order chi connectivity index (χ0) is 17.7. The molecule has 0 rings (SSSR count). The molecular weight excluding hydrogens is 362 g/mol. The fraction of sp³-hybridized carbons (Fsp3) is 0.864. The van der Waals surface area contributed by atoms with Gasteiger partial charge in [0, 0.05) is 25.4 Å². The van der Waals surface area contributed by atoms with Crippen LogP contribution in [-0.2, 0) is 24.3 Å². The van der Waals surface area contributed by atoms with E-state index in [2.05, 4.69) is 19.1 Å². The van der Waals surface area contributed by atoms with Crippen molar-refractivity contribution in [3.8, 4) is 0 Å². The van der Waals surface area contributed by atoms with E-state index in [0.29, 0.717) is 0 Å². The molecule has 0 aromatic heterocycles. The smallest absolute Gasteiger partial charge is 0.0414 e. The van der Waals surface area contributed by atoms with Crippen molar-refractivity contribution in [2.45, 2.75) is 122 Å². The van der Waals surface area contributed by atoms with Gasteiger partial charge in [0.25, 0.3) is 0 Å². The molecule has 0 atom stereocenters. The third kappa shape index (κ3) is 26.2. The Balaban J connectivity index is 0. The van der Waals surface area contributed by atoms with Crippen molar-refractivity contribution in [1.29, 1.82) is 0 Å². The van der Waals surface area contributed by atoms with E-state index >= 15 is 0 Å². The third-order valence-electron chi connectivity index (χ3n) is 4.64. The predicted molar refractivity (Wildman–Crippen MR) is 103 cm³/mol. The van der Waals surface area contributed by atoms with E-state index in [4.69, 9.17) is 0 Å². The van der Waals surface area contributed by atoms with E-state index in [1.54, 1.807) is 0 Å². The molecule has 0 N–H and O–H groups in total. The Bertz CT molecular complexity index is 290. The molecule has 0 spiro atoms. The largest absolute Gasteiger partial charge is 0.550 e. The van der Waals surface area contributed by atoms with Gasteiger partial charge in [-0.25, -0.2) is 0 Å². The van der Waals surface area contributed by atoms with Crippen LogP contribution in [0.1, 0.15) is 122 Å². The predicted octanol–water partition coefficient (Wildman–Crippen LogP) is 6.33. The van der Waals surface area contributed by atoms with Gasteiger partial charge in [0.05, 0.1) is 0 Å². The maximum atomic E-state index is 10.3. The van der Waals surface area contributed by atoms with Gasteiger partial charge in [0.1, 0.15) is 0 Å². The van der Waals surface area contributed by atoms with Crippen molar-refractivity contribution >= 4 is 5.97 Å². The van der Waals surface area contributed by atoms with Gasteiger partial charge in [-0.3, -0.25) is 0 Å². The van der Waals surface area contributed by atoms with E-state index in [0.717, 1.165) is 12.8 Å². The summed E-state index contributed by atoms with van der Waals surface area (Å²) in [4.78, 5) is 10.3. The van der Waals surface area contributed by atoms with E-state index < -0.39 is 5.97 Å². The number of aliphatic carboxylic acids is 1. The molecule has 3 heteroatoms. The van der Waals surface area contributed by atoms with E-state index in [1.165, 1.54) is 96.3 Å². The molecule has 0 aliphatic rings. The monoisotopic (exact) mass is 401 g/mol. The van der Waals surface area contributed by atoms with Crippen molar-refractivity contribution in [1.82, 2.24) is 0 Å². The average molecular weight is 403 g/mol. The molecule has 2 nitrogen and oxygen atoms in total. The molecule has 0 amide bonds. The summed E-state index contributed by atoms with van der Waals surface area (Å²) in [5.41, 5.74) is 0. The SMILES string of the molecule is CCCCCCCC/C=C\CCCCCCCCCCCC(=O)[O-].[Zn]. The topological polar surface area (TPSA) is 40.1 Å². The summed E-state index contributed by atoms with van der Waals surface area (Å²) in [5.74, 6) is -0.906. The first-order valence-corrected chi connectivity index (χ1v) is 10.6. The molecular formula is C22H41O2Zn-. The first kappa shape index (κ1) is 27.1. The average Bonchev–Trinajstić information content (AvgIpc) is 2.56. The second kappa shape index (κ2) is 23.8. The standard InChI is InChI=1S/C22H42O2.Zn/c1-2-3-4-5-6-7-8-9-10-11-12-13-14-15-16-17-18-19-20-21-22(23)24;/h9-10H,2-8,11-21H2,1H3,(H,23,24);/p-1/b10-9-;. The zero-order valence-electron chi connectivity index (χ0n) is 16.9. The van der Waals surface area contributed by atoms with Crippen LogP contribution in [0, 0.1) is 0 Å². The quantitative estimate of drug-likeness (QED) is 0.144. The Kier molecular flexibility index (Phi) is 25.8. The summed E-state index contributed by atoms with van der Waals surface area (Å²) in [5, 5.41) is 10.3. The van der Waals surface area contributed by atoms with Crippen LogP contribution in [0.3, 0.4) is 0 Å². The number of hydrogen-bond donors (Lipinski definition) is 0. The molecule has 0 aromatic carbocycles. The van der Waals surface area contributed by atoms with Gasteiger partial charge in [0.15, 0.2) is 0 Å². The molecule has 0 heterocycles. The van der Waals surface area contributed by atoms with Crippen LogP contribution in [0.25, 0.3) is 0 Å². The first-order valence-electron chi connectivity index (χ1n) is 10.6. The van der Waals surface area contributed by atoms with Gasteiger partial charge in [0.2, 0.25) is 0 Å². The Morgan fingerprint density at radius 1 is 0.640 bits per heavy atom. The maximum Gasteiger partial charge on any atom is 0.0414 e. The Morgan fingerprint density at radius 3 is 1.40 bits per heavy atom. The summed E-state index contributed by atoms with van der Waals surface area (Å²) < 4.78 is 0. The fourth-order valence-electron chi connectivity index (χ4n) is 3.05. The summed E-state index contributed by atoms with van der Waals surface area (Å²) in [7, 11) is 0. The molecule has 0 aromatic rings. The van der Waals surface area contributed by atoms with Crippen molar-refractivity contribution in [2.24, 2.45) is 0 Å². The first-order chi connectivity index (χ1) is 11.8. The van der Waals surface area contributed by atoms with E-state index in [-0.39, 0.29) is 25.9 Å². The number of carboxylic acids is 1. The number of rotatable bonds is 19. The van der Waals surface area contributed by atoms with E-state index in [1.807, 2.05) is 0 Å². The van der Waals surface area contributed by atoms with Crippen molar-refractivity contribution in [3.63, 3.8) is 0 Å². The molecule has 0 fully saturated rings. The van der Waals surface area contributed by atoms with Crippen LogP contribution >= 0.6 is 0 Å². The minimum atomic E-state index is -0.906. The van der Waals surface area contributed by atoms with Crippen LogP contribution in [-0.4, -0.2) is 5.97 Å². The summed E-state index contributed by atoms with van der Waals surface area (Å²) in [6.07, 6.45) is 26.8. The Labute approximate surface area is 170 Å². The number of carbonyl (C=O) groups excluding carboxylic acids is 1. The summed E-state index contributed by atoms with van der Waals surface area (Å²) in [6, 6.07) is 0. The molecule has 0 saturated carbocycles. The molecule has 0 saturated heterocycles. The minimum Gasteiger partial charge on any atom is -0.550 e. The zero-order valence-corrected chi connectivity index (χ0v) is 19.9. The molecule has 144 valence electrons. The van der Waals surface area contributed by atoms with Gasteiger partial charge in [-0.2, -0.15) is 0 Å². The van der Waals surface area contributed by atoms with Gasteiger partial charge in [-0.05, 0) is 38.5 Å². The third-order valence-corrected chi connectivity index (χ3v) is 4.64. The molecule has 0 unspecified atom stereocenters.